The van der Waals surface area contributed by atoms with Gasteiger partial charge in [0.15, 0.2) is 0 Å². The molecule has 6 heteroatoms. The lowest BCUT2D eigenvalue weighted by molar-refractivity contribution is 0.417. The van der Waals surface area contributed by atoms with Gasteiger partial charge in [0.1, 0.15) is 5.75 Å². The van der Waals surface area contributed by atoms with E-state index < -0.39 is 0 Å². The fraction of sp³-hybridized carbons (Fsp3) is 0.385. The van der Waals surface area contributed by atoms with Crippen molar-refractivity contribution in [2.24, 2.45) is 0 Å². The Morgan fingerprint density at radius 1 is 1.26 bits per heavy atom. The molecule has 2 N–H and O–H groups in total. The highest BCUT2D eigenvalue weighted by atomic mass is 16.5. The van der Waals surface area contributed by atoms with E-state index >= 15 is 0 Å². The molecule has 1 aromatic carbocycles. The molecule has 100 valence electrons. The summed E-state index contributed by atoms with van der Waals surface area (Å²) in [7, 11) is 1.58. The smallest absolute Gasteiger partial charge is 0.318 e. The van der Waals surface area contributed by atoms with Crippen molar-refractivity contribution < 1.29 is 9.15 Å². The van der Waals surface area contributed by atoms with E-state index in [4.69, 9.17) is 14.9 Å². The van der Waals surface area contributed by atoms with Crippen LogP contribution >= 0.6 is 0 Å². The Balaban J connectivity index is 1.89. The van der Waals surface area contributed by atoms with Crippen molar-refractivity contribution in [1.29, 1.82) is 0 Å². The first-order valence-corrected chi connectivity index (χ1v) is 6.30. The minimum Gasteiger partial charge on any atom is -0.495 e. The van der Waals surface area contributed by atoms with Crippen molar-refractivity contribution in [2.45, 2.75) is 12.8 Å². The van der Waals surface area contributed by atoms with Crippen molar-refractivity contribution in [1.82, 2.24) is 10.2 Å². The number of hydrogen-bond acceptors (Lipinski definition) is 6. The molecule has 0 unspecified atom stereocenters. The summed E-state index contributed by atoms with van der Waals surface area (Å²) in [6.45, 7) is 1.96. The summed E-state index contributed by atoms with van der Waals surface area (Å²) in [5, 5.41) is 8.17. The van der Waals surface area contributed by atoms with Crippen LogP contribution in [0.1, 0.15) is 12.8 Å². The van der Waals surface area contributed by atoms with Crippen LogP contribution in [0.5, 0.6) is 5.75 Å². The van der Waals surface area contributed by atoms with Crippen LogP contribution in [0.15, 0.2) is 22.6 Å². The van der Waals surface area contributed by atoms with Gasteiger partial charge in [-0.3, -0.25) is 0 Å². The average molecular weight is 260 g/mol. The molecular formula is C13H16N4O2. The number of nitrogens with zero attached hydrogens (tertiary/aromatic N) is 3. The van der Waals surface area contributed by atoms with Crippen LogP contribution in [0.2, 0.25) is 0 Å². The summed E-state index contributed by atoms with van der Waals surface area (Å²) < 4.78 is 10.9. The largest absolute Gasteiger partial charge is 0.495 e. The van der Waals surface area contributed by atoms with Crippen LogP contribution in [0.4, 0.5) is 11.7 Å². The number of aromatic nitrogens is 2. The van der Waals surface area contributed by atoms with Gasteiger partial charge in [0, 0.05) is 18.7 Å². The van der Waals surface area contributed by atoms with Crippen molar-refractivity contribution >= 4 is 11.7 Å². The van der Waals surface area contributed by atoms with Crippen LogP contribution in [0.25, 0.3) is 11.5 Å². The lowest BCUT2D eigenvalue weighted by atomic mass is 10.2. The number of anilines is 2. The third-order valence-electron chi connectivity index (χ3n) is 3.27. The molecule has 1 aromatic heterocycles. The first-order chi connectivity index (χ1) is 9.28. The second-order valence-corrected chi connectivity index (χ2v) is 4.54. The molecule has 3 rings (SSSR count). The molecule has 19 heavy (non-hydrogen) atoms. The number of nitrogen functional groups attached to an aromatic ring is 1. The maximum absolute atomic E-state index is 5.78. The topological polar surface area (TPSA) is 77.4 Å². The Bertz CT molecular complexity index is 576. The Kier molecular flexibility index (Phi) is 2.98. The van der Waals surface area contributed by atoms with Gasteiger partial charge in [-0.2, -0.15) is 0 Å². The van der Waals surface area contributed by atoms with E-state index in [0.29, 0.717) is 23.3 Å². The average Bonchev–Trinajstić information content (AvgIpc) is 3.10. The quantitative estimate of drug-likeness (QED) is 0.850. The van der Waals surface area contributed by atoms with Gasteiger partial charge in [0.25, 0.3) is 0 Å². The fourth-order valence-corrected chi connectivity index (χ4v) is 2.21. The fourth-order valence-electron chi connectivity index (χ4n) is 2.21. The van der Waals surface area contributed by atoms with E-state index in [9.17, 15) is 0 Å². The zero-order valence-electron chi connectivity index (χ0n) is 10.8. The van der Waals surface area contributed by atoms with Gasteiger partial charge in [-0.05, 0) is 31.0 Å². The van der Waals surface area contributed by atoms with Gasteiger partial charge >= 0.3 is 6.01 Å². The molecule has 0 spiro atoms. The monoisotopic (exact) mass is 260 g/mol. The Morgan fingerprint density at radius 2 is 2.05 bits per heavy atom. The molecule has 1 aliphatic heterocycles. The van der Waals surface area contributed by atoms with E-state index in [1.54, 1.807) is 19.2 Å². The Labute approximate surface area is 111 Å². The first kappa shape index (κ1) is 11.8. The predicted octanol–water partition coefficient (Wildman–Crippen LogP) is 1.93. The van der Waals surface area contributed by atoms with E-state index in [1.165, 1.54) is 12.8 Å². The first-order valence-electron chi connectivity index (χ1n) is 6.30. The highest BCUT2D eigenvalue weighted by Crippen LogP contribution is 2.29. The molecular weight excluding hydrogens is 244 g/mol. The second kappa shape index (κ2) is 4.79. The van der Waals surface area contributed by atoms with Gasteiger partial charge in [-0.15, -0.1) is 5.10 Å². The minimum atomic E-state index is 0.486. The molecule has 0 atom stereocenters. The SMILES string of the molecule is COc1cc(-c2nnc(N3CCCC3)o2)ccc1N. The molecule has 0 saturated carbocycles. The molecule has 1 saturated heterocycles. The molecule has 2 aromatic rings. The Morgan fingerprint density at radius 3 is 2.79 bits per heavy atom. The highest BCUT2D eigenvalue weighted by molar-refractivity contribution is 5.64. The van der Waals surface area contributed by atoms with Crippen molar-refractivity contribution in [3.63, 3.8) is 0 Å². The maximum Gasteiger partial charge on any atom is 0.318 e. The lowest BCUT2D eigenvalue weighted by Gasteiger charge is -2.09. The van der Waals surface area contributed by atoms with Crippen molar-refractivity contribution in [3.8, 4) is 17.2 Å². The van der Waals surface area contributed by atoms with E-state index in [2.05, 4.69) is 15.1 Å². The number of methoxy groups -OCH3 is 1. The molecule has 2 heterocycles. The highest BCUT2D eigenvalue weighted by Gasteiger charge is 2.19. The van der Waals surface area contributed by atoms with Crippen LogP contribution < -0.4 is 15.4 Å². The zero-order chi connectivity index (χ0) is 13.2. The normalized spacial score (nSPS) is 14.9. The number of rotatable bonds is 3. The Hall–Kier alpha value is -2.24. The third-order valence-corrected chi connectivity index (χ3v) is 3.27. The van der Waals surface area contributed by atoms with Crippen LogP contribution in [-0.2, 0) is 0 Å². The van der Waals surface area contributed by atoms with E-state index in [0.717, 1.165) is 18.7 Å². The van der Waals surface area contributed by atoms with Gasteiger partial charge in [-0.25, -0.2) is 0 Å². The summed E-state index contributed by atoms with van der Waals surface area (Å²) in [4.78, 5) is 2.10. The lowest BCUT2D eigenvalue weighted by Crippen LogP contribution is -2.17. The van der Waals surface area contributed by atoms with Crippen LogP contribution in [-0.4, -0.2) is 30.4 Å². The van der Waals surface area contributed by atoms with Gasteiger partial charge in [-0.1, -0.05) is 5.10 Å². The zero-order valence-corrected chi connectivity index (χ0v) is 10.8. The van der Waals surface area contributed by atoms with E-state index in [1.807, 2.05) is 6.07 Å². The third kappa shape index (κ3) is 2.21. The number of hydrogen-bond donors (Lipinski definition) is 1. The second-order valence-electron chi connectivity index (χ2n) is 4.54. The summed E-state index contributed by atoms with van der Waals surface area (Å²) in [5.74, 6) is 1.10. The minimum absolute atomic E-state index is 0.486. The number of nitrogens with two attached hydrogens (primary N) is 1. The standard InChI is InChI=1S/C13H16N4O2/c1-18-11-8-9(4-5-10(11)14)12-15-16-13(19-12)17-6-2-3-7-17/h4-5,8H,2-3,6-7,14H2,1H3. The van der Waals surface area contributed by atoms with Crippen LogP contribution in [0.3, 0.4) is 0 Å². The van der Waals surface area contributed by atoms with Crippen molar-refractivity contribution in [3.05, 3.63) is 18.2 Å². The van der Waals surface area contributed by atoms with Gasteiger partial charge < -0.3 is 19.8 Å². The summed E-state index contributed by atoms with van der Waals surface area (Å²) >= 11 is 0. The summed E-state index contributed by atoms with van der Waals surface area (Å²) in [6, 6.07) is 6.01. The summed E-state index contributed by atoms with van der Waals surface area (Å²) in [5.41, 5.74) is 7.18. The number of benzene rings is 1. The molecule has 6 nitrogen and oxygen atoms in total. The van der Waals surface area contributed by atoms with Gasteiger partial charge in [0.05, 0.1) is 12.8 Å². The molecule has 0 aliphatic carbocycles. The molecule has 0 amide bonds. The van der Waals surface area contributed by atoms with Gasteiger partial charge in [0.2, 0.25) is 5.89 Å². The number of ether oxygens (including phenoxy) is 1. The van der Waals surface area contributed by atoms with Crippen LogP contribution in [0, 0.1) is 0 Å². The molecule has 0 radical (unpaired) electrons. The predicted molar refractivity (Wildman–Crippen MR) is 72.1 cm³/mol. The molecule has 1 aliphatic rings. The summed E-state index contributed by atoms with van der Waals surface area (Å²) in [6.07, 6.45) is 2.35. The van der Waals surface area contributed by atoms with E-state index in [-0.39, 0.29) is 0 Å². The molecule has 1 fully saturated rings. The molecule has 0 bridgehead atoms. The maximum atomic E-state index is 5.78. The van der Waals surface area contributed by atoms with Crippen molar-refractivity contribution in [2.75, 3.05) is 30.8 Å².